The first-order valence-corrected chi connectivity index (χ1v) is 8.28. The Hall–Kier alpha value is -2.48. The number of nitrogens with zero attached hydrogens (tertiary/aromatic N) is 2. The van der Waals surface area contributed by atoms with Crippen LogP contribution in [0, 0.1) is 15.9 Å². The van der Waals surface area contributed by atoms with Crippen molar-refractivity contribution in [2.45, 2.75) is 19.4 Å². The SMILES string of the molecule is CC1c2ccsc2CCN1C(=O)COc1ccc([N+](=O)[O-])c(F)c1. The number of nitro benzene ring substituents is 1. The fourth-order valence-corrected chi connectivity index (χ4v) is 3.77. The van der Waals surface area contributed by atoms with Gasteiger partial charge in [-0.2, -0.15) is 4.39 Å². The number of amides is 1. The number of halogens is 1. The lowest BCUT2D eigenvalue weighted by molar-refractivity contribution is -0.387. The third-order valence-corrected chi connectivity index (χ3v) is 5.07. The van der Waals surface area contributed by atoms with E-state index in [4.69, 9.17) is 4.74 Å². The standard InChI is InChI=1S/C16H15FN2O4S/c1-10-12-5-7-24-15(12)4-6-18(10)16(20)9-23-11-2-3-14(19(21)22)13(17)8-11/h2-3,5,7-8,10H,4,6,9H2,1H3. The molecule has 1 amide bonds. The van der Waals surface area contributed by atoms with Crippen LogP contribution in [0.4, 0.5) is 10.1 Å². The molecule has 3 rings (SSSR count). The zero-order chi connectivity index (χ0) is 17.3. The predicted molar refractivity (Wildman–Crippen MR) is 86.7 cm³/mol. The van der Waals surface area contributed by atoms with Gasteiger partial charge in [0.15, 0.2) is 6.61 Å². The second kappa shape index (κ2) is 6.56. The van der Waals surface area contributed by atoms with Crippen LogP contribution in [0.2, 0.25) is 0 Å². The molecule has 2 aromatic rings. The van der Waals surface area contributed by atoms with E-state index in [1.807, 2.05) is 18.4 Å². The monoisotopic (exact) mass is 350 g/mol. The molecule has 1 aromatic carbocycles. The van der Waals surface area contributed by atoms with Gasteiger partial charge in [-0.15, -0.1) is 11.3 Å². The van der Waals surface area contributed by atoms with E-state index in [9.17, 15) is 19.3 Å². The number of ether oxygens (including phenoxy) is 1. The van der Waals surface area contributed by atoms with Gasteiger partial charge in [0.2, 0.25) is 5.82 Å². The number of hydrogen-bond acceptors (Lipinski definition) is 5. The van der Waals surface area contributed by atoms with Crippen LogP contribution in [0.5, 0.6) is 5.75 Å². The smallest absolute Gasteiger partial charge is 0.305 e. The molecule has 0 saturated carbocycles. The van der Waals surface area contributed by atoms with Crippen LogP contribution >= 0.6 is 11.3 Å². The Balaban J connectivity index is 1.64. The number of carbonyl (C=O) groups excluding carboxylic acids is 1. The molecular formula is C16H15FN2O4S. The lowest BCUT2D eigenvalue weighted by atomic mass is 10.0. The normalized spacial score (nSPS) is 16.6. The fraction of sp³-hybridized carbons (Fsp3) is 0.312. The Morgan fingerprint density at radius 3 is 3.00 bits per heavy atom. The molecule has 1 aromatic heterocycles. The fourth-order valence-electron chi connectivity index (χ4n) is 2.80. The van der Waals surface area contributed by atoms with Crippen LogP contribution in [-0.2, 0) is 11.2 Å². The molecule has 1 unspecified atom stereocenters. The maximum Gasteiger partial charge on any atom is 0.305 e. The highest BCUT2D eigenvalue weighted by atomic mass is 32.1. The maximum absolute atomic E-state index is 13.6. The summed E-state index contributed by atoms with van der Waals surface area (Å²) < 4.78 is 18.9. The van der Waals surface area contributed by atoms with Crippen molar-refractivity contribution in [3.05, 3.63) is 56.0 Å². The molecule has 0 radical (unpaired) electrons. The van der Waals surface area contributed by atoms with Gasteiger partial charge in [0, 0.05) is 23.6 Å². The topological polar surface area (TPSA) is 72.7 Å². The molecule has 1 aliphatic rings. The van der Waals surface area contributed by atoms with Gasteiger partial charge in [-0.3, -0.25) is 14.9 Å². The van der Waals surface area contributed by atoms with Crippen molar-refractivity contribution < 1.29 is 18.8 Å². The Bertz CT molecular complexity index is 792. The van der Waals surface area contributed by atoms with Gasteiger partial charge in [-0.05, 0) is 36.4 Å². The number of benzene rings is 1. The minimum Gasteiger partial charge on any atom is -0.484 e. The van der Waals surface area contributed by atoms with E-state index in [0.29, 0.717) is 6.54 Å². The molecule has 1 atom stereocenters. The Labute approximate surface area is 141 Å². The summed E-state index contributed by atoms with van der Waals surface area (Å²) >= 11 is 1.69. The molecule has 2 heterocycles. The Morgan fingerprint density at radius 1 is 1.50 bits per heavy atom. The molecule has 0 fully saturated rings. The minimum absolute atomic E-state index is 0.0234. The van der Waals surface area contributed by atoms with Crippen LogP contribution in [0.15, 0.2) is 29.6 Å². The number of hydrogen-bond donors (Lipinski definition) is 0. The van der Waals surface area contributed by atoms with E-state index in [-0.39, 0.29) is 24.3 Å². The molecule has 1 aliphatic heterocycles. The lowest BCUT2D eigenvalue weighted by Crippen LogP contribution is -2.40. The zero-order valence-electron chi connectivity index (χ0n) is 12.9. The Kier molecular flexibility index (Phi) is 4.48. The third kappa shape index (κ3) is 3.09. The summed E-state index contributed by atoms with van der Waals surface area (Å²) in [4.78, 5) is 25.2. The molecule has 8 heteroatoms. The van der Waals surface area contributed by atoms with Gasteiger partial charge in [0.25, 0.3) is 5.91 Å². The summed E-state index contributed by atoms with van der Waals surface area (Å²) in [6.45, 7) is 2.35. The summed E-state index contributed by atoms with van der Waals surface area (Å²) in [7, 11) is 0. The first-order chi connectivity index (χ1) is 11.5. The molecule has 0 N–H and O–H groups in total. The van der Waals surface area contributed by atoms with E-state index in [2.05, 4.69) is 0 Å². The van der Waals surface area contributed by atoms with E-state index in [0.717, 1.165) is 24.1 Å². The minimum atomic E-state index is -0.987. The van der Waals surface area contributed by atoms with Crippen molar-refractivity contribution in [1.29, 1.82) is 0 Å². The lowest BCUT2D eigenvalue weighted by Gasteiger charge is -2.33. The Morgan fingerprint density at radius 2 is 2.29 bits per heavy atom. The highest BCUT2D eigenvalue weighted by molar-refractivity contribution is 7.10. The molecule has 24 heavy (non-hydrogen) atoms. The van der Waals surface area contributed by atoms with Crippen molar-refractivity contribution >= 4 is 22.9 Å². The number of nitro groups is 1. The van der Waals surface area contributed by atoms with Crippen LogP contribution in [0.1, 0.15) is 23.4 Å². The molecule has 0 bridgehead atoms. The van der Waals surface area contributed by atoms with Crippen molar-refractivity contribution in [1.82, 2.24) is 4.90 Å². The summed E-state index contributed by atoms with van der Waals surface area (Å²) in [5.41, 5.74) is 0.532. The van der Waals surface area contributed by atoms with E-state index >= 15 is 0 Å². The summed E-state index contributed by atoms with van der Waals surface area (Å²) in [5.74, 6) is -1.09. The van der Waals surface area contributed by atoms with Crippen LogP contribution in [0.25, 0.3) is 0 Å². The van der Waals surface area contributed by atoms with Crippen LogP contribution in [0.3, 0.4) is 0 Å². The number of carbonyl (C=O) groups is 1. The van der Waals surface area contributed by atoms with Gasteiger partial charge in [0.1, 0.15) is 5.75 Å². The predicted octanol–water partition coefficient (Wildman–Crippen LogP) is 3.32. The van der Waals surface area contributed by atoms with Gasteiger partial charge in [0.05, 0.1) is 11.0 Å². The number of rotatable bonds is 4. The van der Waals surface area contributed by atoms with Crippen molar-refractivity contribution in [3.63, 3.8) is 0 Å². The second-order valence-electron chi connectivity index (χ2n) is 5.47. The van der Waals surface area contributed by atoms with E-state index < -0.39 is 16.4 Å². The van der Waals surface area contributed by atoms with Gasteiger partial charge in [-0.1, -0.05) is 0 Å². The second-order valence-corrected chi connectivity index (χ2v) is 6.47. The molecule has 0 aliphatic carbocycles. The average Bonchev–Trinajstić information content (AvgIpc) is 3.02. The quantitative estimate of drug-likeness (QED) is 0.626. The first-order valence-electron chi connectivity index (χ1n) is 7.40. The molecule has 6 nitrogen and oxygen atoms in total. The van der Waals surface area contributed by atoms with Crippen molar-refractivity contribution in [2.24, 2.45) is 0 Å². The summed E-state index contributed by atoms with van der Waals surface area (Å²) in [6.07, 6.45) is 0.815. The maximum atomic E-state index is 13.6. The van der Waals surface area contributed by atoms with Crippen molar-refractivity contribution in [3.8, 4) is 5.75 Å². The third-order valence-electron chi connectivity index (χ3n) is 4.08. The van der Waals surface area contributed by atoms with Crippen molar-refractivity contribution in [2.75, 3.05) is 13.2 Å². The molecule has 0 saturated heterocycles. The van der Waals surface area contributed by atoms with Gasteiger partial charge in [-0.25, -0.2) is 0 Å². The average molecular weight is 350 g/mol. The van der Waals surface area contributed by atoms with Crippen LogP contribution < -0.4 is 4.74 Å². The molecule has 0 spiro atoms. The van der Waals surface area contributed by atoms with Gasteiger partial charge < -0.3 is 9.64 Å². The van der Waals surface area contributed by atoms with Crippen LogP contribution in [-0.4, -0.2) is 28.9 Å². The largest absolute Gasteiger partial charge is 0.484 e. The zero-order valence-corrected chi connectivity index (χ0v) is 13.7. The highest BCUT2D eigenvalue weighted by Crippen LogP contribution is 2.32. The summed E-state index contributed by atoms with van der Waals surface area (Å²) in [5, 5.41) is 12.6. The van der Waals surface area contributed by atoms with E-state index in [1.54, 1.807) is 16.2 Å². The summed E-state index contributed by atoms with van der Waals surface area (Å²) in [6, 6.07) is 5.23. The number of thiophene rings is 1. The highest BCUT2D eigenvalue weighted by Gasteiger charge is 2.28. The molecule has 126 valence electrons. The van der Waals surface area contributed by atoms with Gasteiger partial charge >= 0.3 is 5.69 Å². The first kappa shape index (κ1) is 16.4. The number of fused-ring (bicyclic) bond motifs is 1. The van der Waals surface area contributed by atoms with E-state index in [1.165, 1.54) is 10.9 Å². The molecular weight excluding hydrogens is 335 g/mol.